The van der Waals surface area contributed by atoms with Crippen molar-refractivity contribution < 1.29 is 14.3 Å². The Kier molecular flexibility index (Phi) is 6.76. The molecule has 0 saturated heterocycles. The summed E-state index contributed by atoms with van der Waals surface area (Å²) in [6.45, 7) is 4.74. The Bertz CT molecular complexity index is 1590. The van der Waals surface area contributed by atoms with Gasteiger partial charge >= 0.3 is 0 Å². The SMILES string of the molecule is COc1ccc(CCNC(=O)CCc2nnc3c4cc(-c5ccc(C)c(C)c5)nn4ccn23)cc1OC. The molecule has 0 spiro atoms. The number of fused-ring (bicyclic) bond motifs is 3. The van der Waals surface area contributed by atoms with Gasteiger partial charge in [-0.1, -0.05) is 18.2 Å². The molecule has 0 saturated carbocycles. The molecule has 9 nitrogen and oxygen atoms in total. The van der Waals surface area contributed by atoms with Crippen LogP contribution < -0.4 is 14.8 Å². The van der Waals surface area contributed by atoms with Gasteiger partial charge < -0.3 is 14.8 Å². The smallest absolute Gasteiger partial charge is 0.220 e. The molecule has 5 rings (SSSR count). The topological polar surface area (TPSA) is 95.0 Å². The van der Waals surface area contributed by atoms with Crippen molar-refractivity contribution in [1.29, 1.82) is 0 Å². The molecule has 1 amide bonds. The van der Waals surface area contributed by atoms with Crippen LogP contribution in [0.1, 0.15) is 28.9 Å². The van der Waals surface area contributed by atoms with Crippen LogP contribution in [-0.4, -0.2) is 50.9 Å². The van der Waals surface area contributed by atoms with E-state index in [1.165, 1.54) is 11.1 Å². The molecular formula is C28H30N6O3. The lowest BCUT2D eigenvalue weighted by atomic mass is 10.0. The van der Waals surface area contributed by atoms with Crippen LogP contribution >= 0.6 is 0 Å². The van der Waals surface area contributed by atoms with E-state index in [1.807, 2.05) is 45.6 Å². The number of rotatable bonds is 9. The van der Waals surface area contributed by atoms with E-state index in [9.17, 15) is 4.79 Å². The summed E-state index contributed by atoms with van der Waals surface area (Å²) in [4.78, 5) is 12.5. The molecular weight excluding hydrogens is 468 g/mol. The van der Waals surface area contributed by atoms with Gasteiger partial charge in [0.05, 0.1) is 19.9 Å². The molecule has 3 aromatic heterocycles. The normalized spacial score (nSPS) is 11.2. The minimum Gasteiger partial charge on any atom is -0.493 e. The van der Waals surface area contributed by atoms with Crippen molar-refractivity contribution >= 4 is 17.1 Å². The second kappa shape index (κ2) is 10.3. The van der Waals surface area contributed by atoms with Crippen LogP contribution in [-0.2, 0) is 17.6 Å². The highest BCUT2D eigenvalue weighted by Gasteiger charge is 2.14. The van der Waals surface area contributed by atoms with E-state index in [4.69, 9.17) is 14.6 Å². The lowest BCUT2D eigenvalue weighted by molar-refractivity contribution is -0.121. The first kappa shape index (κ1) is 24.3. The first-order valence-electron chi connectivity index (χ1n) is 12.2. The number of aromatic nitrogens is 5. The zero-order chi connectivity index (χ0) is 25.9. The molecule has 2 aromatic carbocycles. The van der Waals surface area contributed by atoms with E-state index in [0.29, 0.717) is 43.0 Å². The average Bonchev–Trinajstić information content (AvgIpc) is 3.53. The third-order valence-corrected chi connectivity index (χ3v) is 6.65. The molecule has 0 aliphatic carbocycles. The first-order chi connectivity index (χ1) is 18.0. The van der Waals surface area contributed by atoms with Crippen LogP contribution in [0.5, 0.6) is 11.5 Å². The summed E-state index contributed by atoms with van der Waals surface area (Å²) in [6, 6.07) is 14.1. The number of methoxy groups -OCH3 is 2. The average molecular weight is 499 g/mol. The number of hydrogen-bond donors (Lipinski definition) is 1. The minimum absolute atomic E-state index is 0.0281. The highest BCUT2D eigenvalue weighted by molar-refractivity contribution is 5.77. The van der Waals surface area contributed by atoms with Crippen LogP contribution in [0.2, 0.25) is 0 Å². The van der Waals surface area contributed by atoms with Gasteiger partial charge in [0.15, 0.2) is 17.1 Å². The standard InChI is InChI=1S/C28H30N6O3/c1-18-5-7-21(15-19(18)2)22-17-23-28-31-30-26(33(28)13-14-34(23)32-22)9-10-27(35)29-12-11-20-6-8-24(36-3)25(16-20)37-4/h5-8,13-17H,9-12H2,1-4H3,(H,29,35). The molecule has 0 unspecified atom stereocenters. The second-order valence-corrected chi connectivity index (χ2v) is 9.06. The summed E-state index contributed by atoms with van der Waals surface area (Å²) in [5.74, 6) is 2.07. The fraction of sp³-hybridized carbons (Fsp3) is 0.286. The van der Waals surface area contributed by atoms with Gasteiger partial charge in [-0.3, -0.25) is 9.20 Å². The Morgan fingerprint density at radius 1 is 0.919 bits per heavy atom. The Balaban J connectivity index is 1.23. The third-order valence-electron chi connectivity index (χ3n) is 6.65. The van der Waals surface area contributed by atoms with Crippen molar-refractivity contribution in [2.45, 2.75) is 33.1 Å². The quantitative estimate of drug-likeness (QED) is 0.330. The van der Waals surface area contributed by atoms with Gasteiger partial charge in [0.25, 0.3) is 0 Å². The van der Waals surface area contributed by atoms with Gasteiger partial charge in [-0.05, 0) is 61.2 Å². The van der Waals surface area contributed by atoms with Gasteiger partial charge in [-0.2, -0.15) is 5.10 Å². The van der Waals surface area contributed by atoms with Crippen molar-refractivity contribution in [2.75, 3.05) is 20.8 Å². The Labute approximate surface area is 215 Å². The predicted octanol–water partition coefficient (Wildman–Crippen LogP) is 3.97. The molecule has 5 aromatic rings. The van der Waals surface area contributed by atoms with Crippen molar-refractivity contribution in [3.05, 3.63) is 77.4 Å². The summed E-state index contributed by atoms with van der Waals surface area (Å²) < 4.78 is 14.4. The molecule has 0 bridgehead atoms. The Hall–Kier alpha value is -4.40. The van der Waals surface area contributed by atoms with Crippen molar-refractivity contribution in [3.8, 4) is 22.8 Å². The van der Waals surface area contributed by atoms with Crippen LogP contribution in [0.3, 0.4) is 0 Å². The molecule has 0 atom stereocenters. The lowest BCUT2D eigenvalue weighted by Crippen LogP contribution is -2.26. The monoisotopic (exact) mass is 498 g/mol. The van der Waals surface area contributed by atoms with Crippen molar-refractivity contribution in [2.24, 2.45) is 0 Å². The molecule has 0 aliphatic heterocycles. The van der Waals surface area contributed by atoms with Gasteiger partial charge in [0.1, 0.15) is 11.3 Å². The number of ether oxygens (including phenoxy) is 2. The zero-order valence-corrected chi connectivity index (χ0v) is 21.5. The number of carbonyl (C=O) groups excluding carboxylic acids is 1. The fourth-order valence-corrected chi connectivity index (χ4v) is 4.37. The van der Waals surface area contributed by atoms with Gasteiger partial charge in [-0.15, -0.1) is 10.2 Å². The van der Waals surface area contributed by atoms with E-state index in [-0.39, 0.29) is 5.91 Å². The Morgan fingerprint density at radius 3 is 2.54 bits per heavy atom. The maximum Gasteiger partial charge on any atom is 0.220 e. The first-order valence-corrected chi connectivity index (χ1v) is 12.2. The fourth-order valence-electron chi connectivity index (χ4n) is 4.37. The van der Waals surface area contributed by atoms with Gasteiger partial charge in [-0.25, -0.2) is 4.52 Å². The number of nitrogens with one attached hydrogen (secondary N) is 1. The van der Waals surface area contributed by atoms with E-state index >= 15 is 0 Å². The maximum absolute atomic E-state index is 12.5. The summed E-state index contributed by atoms with van der Waals surface area (Å²) >= 11 is 0. The maximum atomic E-state index is 12.5. The number of benzene rings is 2. The molecule has 0 radical (unpaired) electrons. The molecule has 3 heterocycles. The number of nitrogens with zero attached hydrogens (tertiary/aromatic N) is 5. The van der Waals surface area contributed by atoms with Crippen LogP contribution in [0.25, 0.3) is 22.4 Å². The molecule has 37 heavy (non-hydrogen) atoms. The molecule has 190 valence electrons. The predicted molar refractivity (Wildman–Crippen MR) is 141 cm³/mol. The molecule has 0 fully saturated rings. The van der Waals surface area contributed by atoms with E-state index in [2.05, 4.69) is 47.6 Å². The van der Waals surface area contributed by atoms with E-state index < -0.39 is 0 Å². The Morgan fingerprint density at radius 2 is 1.76 bits per heavy atom. The largest absolute Gasteiger partial charge is 0.493 e. The summed E-state index contributed by atoms with van der Waals surface area (Å²) in [6.07, 6.45) is 5.29. The van der Waals surface area contributed by atoms with Gasteiger partial charge in [0.2, 0.25) is 5.91 Å². The number of amides is 1. The van der Waals surface area contributed by atoms with Crippen LogP contribution in [0.15, 0.2) is 54.9 Å². The van der Waals surface area contributed by atoms with E-state index in [0.717, 1.165) is 28.2 Å². The van der Waals surface area contributed by atoms with Crippen molar-refractivity contribution in [1.82, 2.24) is 29.5 Å². The second-order valence-electron chi connectivity index (χ2n) is 9.06. The third kappa shape index (κ3) is 4.97. The van der Waals surface area contributed by atoms with Crippen molar-refractivity contribution in [3.63, 3.8) is 0 Å². The highest BCUT2D eigenvalue weighted by atomic mass is 16.5. The molecule has 1 N–H and O–H groups in total. The van der Waals surface area contributed by atoms with Crippen LogP contribution in [0, 0.1) is 13.8 Å². The minimum atomic E-state index is -0.0281. The number of carbonyl (C=O) groups is 1. The number of hydrogen-bond acceptors (Lipinski definition) is 6. The summed E-state index contributed by atoms with van der Waals surface area (Å²) in [7, 11) is 3.22. The molecule has 0 aliphatic rings. The van der Waals surface area contributed by atoms with Crippen LogP contribution in [0.4, 0.5) is 0 Å². The number of aryl methyl sites for hydroxylation is 3. The lowest BCUT2D eigenvalue weighted by Gasteiger charge is -2.10. The summed E-state index contributed by atoms with van der Waals surface area (Å²) in [5, 5.41) is 16.5. The van der Waals surface area contributed by atoms with E-state index in [1.54, 1.807) is 14.2 Å². The zero-order valence-electron chi connectivity index (χ0n) is 21.5. The van der Waals surface area contributed by atoms with Gasteiger partial charge in [0, 0.05) is 37.3 Å². The highest BCUT2D eigenvalue weighted by Crippen LogP contribution is 2.27. The summed E-state index contributed by atoms with van der Waals surface area (Å²) in [5.41, 5.74) is 7.08. The molecule has 9 heteroatoms.